The number of carbonyl (C=O) groups is 1. The molecule has 0 amide bonds. The lowest BCUT2D eigenvalue weighted by molar-refractivity contribution is -0.146. The van der Waals surface area contributed by atoms with E-state index in [1.54, 1.807) is 0 Å². The van der Waals surface area contributed by atoms with Gasteiger partial charge in [0.05, 0.1) is 5.92 Å². The van der Waals surface area contributed by atoms with Crippen LogP contribution in [0.4, 0.5) is 0 Å². The topological polar surface area (TPSA) is 49.3 Å². The summed E-state index contributed by atoms with van der Waals surface area (Å²) >= 11 is 0. The van der Waals surface area contributed by atoms with Crippen LogP contribution in [0.5, 0.6) is 0 Å². The Bertz CT molecular complexity index is 218. The van der Waals surface area contributed by atoms with Crippen molar-refractivity contribution < 1.29 is 9.90 Å². The number of carboxylic acid groups (broad SMARTS) is 1. The van der Waals surface area contributed by atoms with Gasteiger partial charge >= 0.3 is 5.97 Å². The van der Waals surface area contributed by atoms with Gasteiger partial charge in [-0.1, -0.05) is 20.3 Å². The molecule has 1 aliphatic rings. The van der Waals surface area contributed by atoms with Crippen LogP contribution in [0.1, 0.15) is 46.5 Å². The van der Waals surface area contributed by atoms with Crippen LogP contribution in [0.3, 0.4) is 0 Å². The first kappa shape index (κ1) is 12.5. The van der Waals surface area contributed by atoms with Gasteiger partial charge in [0.25, 0.3) is 0 Å². The molecule has 0 aliphatic heterocycles. The molecule has 0 aromatic carbocycles. The molecule has 0 aromatic rings. The van der Waals surface area contributed by atoms with Crippen molar-refractivity contribution in [1.82, 2.24) is 5.32 Å². The Hall–Kier alpha value is -0.570. The Kier molecular flexibility index (Phi) is 4.58. The van der Waals surface area contributed by atoms with Crippen molar-refractivity contribution in [3.05, 3.63) is 0 Å². The highest BCUT2D eigenvalue weighted by atomic mass is 16.4. The first-order chi connectivity index (χ1) is 7.04. The Balaban J connectivity index is 2.26. The molecule has 1 saturated carbocycles. The van der Waals surface area contributed by atoms with Gasteiger partial charge in [-0.2, -0.15) is 0 Å². The number of aliphatic carboxylic acids is 1. The summed E-state index contributed by atoms with van der Waals surface area (Å²) in [6.45, 7) is 6.60. The standard InChI is InChI=1S/C12H23NO2/c1-4-8(2)7-9(3)13-11-6-5-10(11)12(14)15/h8-11,13H,4-7H2,1-3H3,(H,14,15). The van der Waals surface area contributed by atoms with Crippen LogP contribution in [-0.2, 0) is 4.79 Å². The predicted octanol–water partition coefficient (Wildman–Crippen LogP) is 2.26. The third-order valence-electron chi connectivity index (χ3n) is 3.54. The van der Waals surface area contributed by atoms with Crippen molar-refractivity contribution in [3.8, 4) is 0 Å². The molecule has 0 bridgehead atoms. The summed E-state index contributed by atoms with van der Waals surface area (Å²) in [6.07, 6.45) is 4.18. The van der Waals surface area contributed by atoms with E-state index in [-0.39, 0.29) is 12.0 Å². The fraction of sp³-hybridized carbons (Fsp3) is 0.917. The van der Waals surface area contributed by atoms with Gasteiger partial charge in [0.2, 0.25) is 0 Å². The van der Waals surface area contributed by atoms with Gasteiger partial charge in [0.15, 0.2) is 0 Å². The summed E-state index contributed by atoms with van der Waals surface area (Å²) in [5.74, 6) is -0.0743. The first-order valence-electron chi connectivity index (χ1n) is 6.03. The average molecular weight is 213 g/mol. The van der Waals surface area contributed by atoms with Crippen molar-refractivity contribution in [3.63, 3.8) is 0 Å². The van der Waals surface area contributed by atoms with Gasteiger partial charge in [-0.05, 0) is 32.1 Å². The smallest absolute Gasteiger partial charge is 0.308 e. The molecule has 0 radical (unpaired) electrons. The Morgan fingerprint density at radius 1 is 1.47 bits per heavy atom. The zero-order valence-electron chi connectivity index (χ0n) is 9.99. The second kappa shape index (κ2) is 5.50. The molecule has 3 heteroatoms. The van der Waals surface area contributed by atoms with Crippen molar-refractivity contribution in [2.45, 2.75) is 58.5 Å². The number of rotatable bonds is 6. The molecular weight excluding hydrogens is 190 g/mol. The second-order valence-corrected chi connectivity index (χ2v) is 4.95. The number of carboxylic acids is 1. The van der Waals surface area contributed by atoms with E-state index in [0.717, 1.165) is 25.2 Å². The van der Waals surface area contributed by atoms with Gasteiger partial charge in [-0.25, -0.2) is 0 Å². The highest BCUT2D eigenvalue weighted by Gasteiger charge is 2.36. The van der Waals surface area contributed by atoms with Crippen molar-refractivity contribution in [1.29, 1.82) is 0 Å². The molecule has 4 atom stereocenters. The first-order valence-corrected chi connectivity index (χ1v) is 6.03. The fourth-order valence-electron chi connectivity index (χ4n) is 2.20. The molecule has 1 fully saturated rings. The van der Waals surface area contributed by atoms with Gasteiger partial charge in [-0.15, -0.1) is 0 Å². The average Bonchev–Trinajstić information content (AvgIpc) is 2.11. The van der Waals surface area contributed by atoms with E-state index in [1.807, 2.05) is 0 Å². The lowest BCUT2D eigenvalue weighted by Crippen LogP contribution is -2.50. The maximum atomic E-state index is 10.8. The van der Waals surface area contributed by atoms with Crippen LogP contribution in [0.15, 0.2) is 0 Å². The maximum absolute atomic E-state index is 10.8. The van der Waals surface area contributed by atoms with Gasteiger partial charge in [0, 0.05) is 12.1 Å². The Morgan fingerprint density at radius 3 is 2.53 bits per heavy atom. The van der Waals surface area contributed by atoms with E-state index < -0.39 is 5.97 Å². The molecule has 15 heavy (non-hydrogen) atoms. The van der Waals surface area contributed by atoms with E-state index in [2.05, 4.69) is 26.1 Å². The summed E-state index contributed by atoms with van der Waals surface area (Å²) in [5, 5.41) is 12.3. The minimum absolute atomic E-state index is 0.149. The predicted molar refractivity (Wildman–Crippen MR) is 60.8 cm³/mol. The molecule has 1 aliphatic carbocycles. The minimum atomic E-state index is -0.644. The van der Waals surface area contributed by atoms with Gasteiger partial charge in [-0.3, -0.25) is 4.79 Å². The van der Waals surface area contributed by atoms with E-state index in [1.165, 1.54) is 6.42 Å². The van der Waals surface area contributed by atoms with Crippen LogP contribution < -0.4 is 5.32 Å². The largest absolute Gasteiger partial charge is 0.481 e. The Morgan fingerprint density at radius 2 is 2.13 bits per heavy atom. The highest BCUT2D eigenvalue weighted by Crippen LogP contribution is 2.28. The van der Waals surface area contributed by atoms with Crippen molar-refractivity contribution >= 4 is 5.97 Å². The van der Waals surface area contributed by atoms with Gasteiger partial charge in [0.1, 0.15) is 0 Å². The Labute approximate surface area is 92.3 Å². The molecule has 4 unspecified atom stereocenters. The molecule has 0 heterocycles. The highest BCUT2D eigenvalue weighted by molar-refractivity contribution is 5.72. The van der Waals surface area contributed by atoms with Gasteiger partial charge < -0.3 is 10.4 Å². The molecule has 3 nitrogen and oxygen atoms in total. The zero-order chi connectivity index (χ0) is 11.4. The lowest BCUT2D eigenvalue weighted by Gasteiger charge is -2.36. The molecule has 0 aromatic heterocycles. The van der Waals surface area contributed by atoms with Crippen LogP contribution in [-0.4, -0.2) is 23.2 Å². The normalized spacial score (nSPS) is 29.3. The summed E-state index contributed by atoms with van der Waals surface area (Å²) in [4.78, 5) is 10.8. The van der Waals surface area contributed by atoms with Crippen LogP contribution >= 0.6 is 0 Å². The fourth-order valence-corrected chi connectivity index (χ4v) is 2.20. The van der Waals surface area contributed by atoms with Crippen molar-refractivity contribution in [2.24, 2.45) is 11.8 Å². The van der Waals surface area contributed by atoms with Crippen LogP contribution in [0, 0.1) is 11.8 Å². The van der Waals surface area contributed by atoms with Crippen LogP contribution in [0.2, 0.25) is 0 Å². The number of hydrogen-bond acceptors (Lipinski definition) is 2. The van der Waals surface area contributed by atoms with E-state index in [9.17, 15) is 4.79 Å². The summed E-state index contributed by atoms with van der Waals surface area (Å²) < 4.78 is 0. The monoisotopic (exact) mass is 213 g/mol. The quantitative estimate of drug-likeness (QED) is 0.711. The van der Waals surface area contributed by atoms with E-state index >= 15 is 0 Å². The SMILES string of the molecule is CCC(C)CC(C)NC1CCC1C(=O)O. The van der Waals surface area contributed by atoms with E-state index in [0.29, 0.717) is 6.04 Å². The van der Waals surface area contributed by atoms with Crippen LogP contribution in [0.25, 0.3) is 0 Å². The minimum Gasteiger partial charge on any atom is -0.481 e. The van der Waals surface area contributed by atoms with Crippen molar-refractivity contribution in [2.75, 3.05) is 0 Å². The third kappa shape index (κ3) is 3.49. The number of nitrogens with one attached hydrogen (secondary N) is 1. The van der Waals surface area contributed by atoms with E-state index in [4.69, 9.17) is 5.11 Å². The maximum Gasteiger partial charge on any atom is 0.308 e. The molecule has 88 valence electrons. The zero-order valence-corrected chi connectivity index (χ0v) is 9.99. The summed E-state index contributed by atoms with van der Waals surface area (Å²) in [7, 11) is 0. The molecule has 1 rings (SSSR count). The molecule has 0 spiro atoms. The second-order valence-electron chi connectivity index (χ2n) is 4.95. The summed E-state index contributed by atoms with van der Waals surface area (Å²) in [5.41, 5.74) is 0. The molecular formula is C12H23NO2. The molecule has 2 N–H and O–H groups in total. The number of hydrogen-bond donors (Lipinski definition) is 2. The lowest BCUT2D eigenvalue weighted by atomic mass is 9.79. The summed E-state index contributed by atoms with van der Waals surface area (Å²) in [6, 6.07) is 0.647. The molecule has 0 saturated heterocycles. The third-order valence-corrected chi connectivity index (χ3v) is 3.54.